The van der Waals surface area contributed by atoms with E-state index in [-0.39, 0.29) is 5.91 Å². The van der Waals surface area contributed by atoms with Crippen molar-refractivity contribution in [3.05, 3.63) is 42.6 Å². The van der Waals surface area contributed by atoms with E-state index in [9.17, 15) is 4.79 Å². The van der Waals surface area contributed by atoms with Gasteiger partial charge >= 0.3 is 0 Å². The number of carbonyl (C=O) groups is 1. The SMILES string of the molecule is COc1ccc2[nH]c(C(=O)NCCn3cncn3)cc2c1. The Morgan fingerprint density at radius 2 is 2.33 bits per heavy atom. The highest BCUT2D eigenvalue weighted by Gasteiger charge is 2.09. The third-order valence-corrected chi connectivity index (χ3v) is 3.17. The number of benzene rings is 1. The lowest BCUT2D eigenvalue weighted by molar-refractivity contribution is 0.0948. The molecule has 0 aliphatic heterocycles. The quantitative estimate of drug-likeness (QED) is 0.737. The van der Waals surface area contributed by atoms with Crippen LogP contribution in [0.3, 0.4) is 0 Å². The number of amides is 1. The maximum absolute atomic E-state index is 12.1. The average Bonchev–Trinajstić information content (AvgIpc) is 3.15. The summed E-state index contributed by atoms with van der Waals surface area (Å²) in [4.78, 5) is 19.0. The molecule has 0 bridgehead atoms. The molecule has 2 N–H and O–H groups in total. The lowest BCUT2D eigenvalue weighted by atomic mass is 10.2. The van der Waals surface area contributed by atoms with Gasteiger partial charge in [-0.15, -0.1) is 0 Å². The molecule has 0 saturated carbocycles. The number of aromatic nitrogens is 4. The number of fused-ring (bicyclic) bond motifs is 1. The number of rotatable bonds is 5. The zero-order valence-corrected chi connectivity index (χ0v) is 11.5. The van der Waals surface area contributed by atoms with Crippen molar-refractivity contribution in [2.75, 3.05) is 13.7 Å². The fourth-order valence-electron chi connectivity index (χ4n) is 2.09. The Morgan fingerprint density at radius 3 is 3.10 bits per heavy atom. The van der Waals surface area contributed by atoms with Crippen molar-refractivity contribution in [2.45, 2.75) is 6.54 Å². The minimum Gasteiger partial charge on any atom is -0.497 e. The van der Waals surface area contributed by atoms with Crippen LogP contribution in [-0.4, -0.2) is 39.3 Å². The van der Waals surface area contributed by atoms with Crippen LogP contribution in [0.4, 0.5) is 0 Å². The zero-order chi connectivity index (χ0) is 14.7. The Balaban J connectivity index is 1.66. The van der Waals surface area contributed by atoms with Crippen molar-refractivity contribution in [2.24, 2.45) is 0 Å². The van der Waals surface area contributed by atoms with Gasteiger partial charge in [-0.3, -0.25) is 9.48 Å². The van der Waals surface area contributed by atoms with Gasteiger partial charge in [0, 0.05) is 17.4 Å². The first-order chi connectivity index (χ1) is 10.3. The topological polar surface area (TPSA) is 84.8 Å². The predicted molar refractivity (Wildman–Crippen MR) is 77.2 cm³/mol. The predicted octanol–water partition coefficient (Wildman–Crippen LogP) is 1.20. The summed E-state index contributed by atoms with van der Waals surface area (Å²) in [7, 11) is 1.62. The van der Waals surface area contributed by atoms with E-state index in [1.807, 2.05) is 24.3 Å². The first-order valence-electron chi connectivity index (χ1n) is 6.53. The summed E-state index contributed by atoms with van der Waals surface area (Å²) in [6, 6.07) is 7.44. The van der Waals surface area contributed by atoms with Crippen molar-refractivity contribution >= 4 is 16.8 Å². The van der Waals surface area contributed by atoms with Gasteiger partial charge < -0.3 is 15.0 Å². The number of aromatic amines is 1. The molecule has 21 heavy (non-hydrogen) atoms. The van der Waals surface area contributed by atoms with Crippen molar-refractivity contribution in [3.63, 3.8) is 0 Å². The highest BCUT2D eigenvalue weighted by molar-refractivity contribution is 5.98. The second kappa shape index (κ2) is 5.66. The van der Waals surface area contributed by atoms with E-state index in [0.29, 0.717) is 18.8 Å². The minimum atomic E-state index is -0.148. The summed E-state index contributed by atoms with van der Waals surface area (Å²) < 4.78 is 6.83. The standard InChI is InChI=1S/C14H15N5O2/c1-21-11-2-3-12-10(6-11)7-13(18-12)14(20)16-4-5-19-9-15-8-17-19/h2-3,6-9,18H,4-5H2,1H3,(H,16,20). The fraction of sp³-hybridized carbons (Fsp3) is 0.214. The van der Waals surface area contributed by atoms with Crippen LogP contribution in [0.15, 0.2) is 36.9 Å². The fourth-order valence-corrected chi connectivity index (χ4v) is 2.09. The molecule has 1 amide bonds. The molecule has 2 aromatic heterocycles. The smallest absolute Gasteiger partial charge is 0.267 e. The molecular formula is C14H15N5O2. The van der Waals surface area contributed by atoms with Gasteiger partial charge in [-0.2, -0.15) is 5.10 Å². The molecule has 0 radical (unpaired) electrons. The molecule has 0 aliphatic carbocycles. The van der Waals surface area contributed by atoms with Gasteiger partial charge in [0.2, 0.25) is 0 Å². The van der Waals surface area contributed by atoms with Gasteiger partial charge in [0.05, 0.1) is 13.7 Å². The molecule has 2 heterocycles. The van der Waals surface area contributed by atoms with Crippen LogP contribution in [-0.2, 0) is 6.54 Å². The molecule has 3 rings (SSSR count). The number of ether oxygens (including phenoxy) is 1. The van der Waals surface area contributed by atoms with Gasteiger partial charge in [0.25, 0.3) is 5.91 Å². The second-order valence-corrected chi connectivity index (χ2v) is 4.55. The van der Waals surface area contributed by atoms with E-state index in [2.05, 4.69) is 20.4 Å². The van der Waals surface area contributed by atoms with E-state index in [4.69, 9.17) is 4.74 Å². The highest BCUT2D eigenvalue weighted by atomic mass is 16.5. The monoisotopic (exact) mass is 285 g/mol. The van der Waals surface area contributed by atoms with Crippen LogP contribution in [0.1, 0.15) is 10.5 Å². The van der Waals surface area contributed by atoms with Gasteiger partial charge in [-0.25, -0.2) is 4.98 Å². The molecule has 0 spiro atoms. The highest BCUT2D eigenvalue weighted by Crippen LogP contribution is 2.21. The Labute approximate surface area is 120 Å². The normalized spacial score (nSPS) is 10.7. The van der Waals surface area contributed by atoms with Gasteiger partial charge in [0.15, 0.2) is 0 Å². The Hall–Kier alpha value is -2.83. The average molecular weight is 285 g/mol. The molecule has 0 saturated heterocycles. The number of nitrogens with one attached hydrogen (secondary N) is 2. The largest absolute Gasteiger partial charge is 0.497 e. The number of methoxy groups -OCH3 is 1. The molecule has 3 aromatic rings. The lowest BCUT2D eigenvalue weighted by Gasteiger charge is -2.03. The molecule has 0 fully saturated rings. The van der Waals surface area contributed by atoms with Crippen molar-refractivity contribution in [3.8, 4) is 5.75 Å². The van der Waals surface area contributed by atoms with Gasteiger partial charge in [-0.05, 0) is 24.3 Å². The summed E-state index contributed by atoms with van der Waals surface area (Å²) in [6.45, 7) is 1.07. The summed E-state index contributed by atoms with van der Waals surface area (Å²) >= 11 is 0. The van der Waals surface area contributed by atoms with Crippen molar-refractivity contribution < 1.29 is 9.53 Å². The van der Waals surface area contributed by atoms with Gasteiger partial charge in [0.1, 0.15) is 24.1 Å². The lowest BCUT2D eigenvalue weighted by Crippen LogP contribution is -2.27. The van der Waals surface area contributed by atoms with E-state index >= 15 is 0 Å². The van der Waals surface area contributed by atoms with Crippen molar-refractivity contribution in [1.82, 2.24) is 25.1 Å². The number of hydrogen-bond donors (Lipinski definition) is 2. The van der Waals surface area contributed by atoms with Crippen LogP contribution in [0.2, 0.25) is 0 Å². The second-order valence-electron chi connectivity index (χ2n) is 4.55. The van der Waals surface area contributed by atoms with Crippen LogP contribution in [0, 0.1) is 0 Å². The summed E-state index contributed by atoms with van der Waals surface area (Å²) in [5.74, 6) is 0.616. The van der Waals surface area contributed by atoms with Crippen LogP contribution in [0.5, 0.6) is 5.75 Å². The van der Waals surface area contributed by atoms with E-state index in [1.165, 1.54) is 6.33 Å². The summed E-state index contributed by atoms with van der Waals surface area (Å²) in [6.07, 6.45) is 3.08. The third kappa shape index (κ3) is 2.86. The first kappa shape index (κ1) is 13.2. The molecule has 1 aromatic carbocycles. The number of hydrogen-bond acceptors (Lipinski definition) is 4. The van der Waals surface area contributed by atoms with Gasteiger partial charge in [-0.1, -0.05) is 0 Å². The molecule has 0 atom stereocenters. The maximum atomic E-state index is 12.1. The molecule has 7 heteroatoms. The Bertz CT molecular complexity index is 748. The molecule has 108 valence electrons. The zero-order valence-electron chi connectivity index (χ0n) is 11.5. The van der Waals surface area contributed by atoms with E-state index < -0.39 is 0 Å². The summed E-state index contributed by atoms with van der Waals surface area (Å²) in [5, 5.41) is 7.75. The van der Waals surface area contributed by atoms with E-state index in [0.717, 1.165) is 16.7 Å². The molecule has 0 unspecified atom stereocenters. The Morgan fingerprint density at radius 1 is 1.43 bits per heavy atom. The number of H-pyrrole nitrogens is 1. The van der Waals surface area contributed by atoms with Crippen molar-refractivity contribution in [1.29, 1.82) is 0 Å². The Kier molecular flexibility index (Phi) is 3.55. The minimum absolute atomic E-state index is 0.148. The van der Waals surface area contributed by atoms with Crippen LogP contribution < -0.4 is 10.1 Å². The first-order valence-corrected chi connectivity index (χ1v) is 6.53. The maximum Gasteiger partial charge on any atom is 0.267 e. The summed E-state index contributed by atoms with van der Waals surface area (Å²) in [5.41, 5.74) is 1.43. The molecule has 0 aliphatic rings. The molecule has 7 nitrogen and oxygen atoms in total. The number of nitrogens with zero attached hydrogens (tertiary/aromatic N) is 3. The van der Waals surface area contributed by atoms with E-state index in [1.54, 1.807) is 18.1 Å². The van der Waals surface area contributed by atoms with Crippen LogP contribution in [0.25, 0.3) is 10.9 Å². The molecular weight excluding hydrogens is 270 g/mol. The number of carbonyl (C=O) groups excluding carboxylic acids is 1. The third-order valence-electron chi connectivity index (χ3n) is 3.17. The van der Waals surface area contributed by atoms with Crippen LogP contribution >= 0.6 is 0 Å².